The molecule has 0 atom stereocenters. The summed E-state index contributed by atoms with van der Waals surface area (Å²) in [6.07, 6.45) is 0. The lowest BCUT2D eigenvalue weighted by atomic mass is 10.0. The number of hydrogen-bond donors (Lipinski definition) is 0. The molecule has 0 N–H and O–H groups in total. The van der Waals surface area contributed by atoms with E-state index >= 15 is 0 Å². The predicted octanol–water partition coefficient (Wildman–Crippen LogP) is 4.35. The first-order valence-corrected chi connectivity index (χ1v) is 10.6. The van der Waals surface area contributed by atoms with Crippen molar-refractivity contribution in [3.05, 3.63) is 87.5 Å². The largest absolute Gasteiger partial charge is 0.489 e. The van der Waals surface area contributed by atoms with Gasteiger partial charge in [0.1, 0.15) is 12.4 Å². The van der Waals surface area contributed by atoms with Crippen molar-refractivity contribution in [3.63, 3.8) is 0 Å². The second-order valence-corrected chi connectivity index (χ2v) is 8.24. The Morgan fingerprint density at radius 3 is 2.44 bits per heavy atom. The molecule has 2 heterocycles. The number of nitrogens with zero attached hydrogens (tertiary/aromatic N) is 5. The summed E-state index contributed by atoms with van der Waals surface area (Å²) in [4.78, 5) is 17.1. The molecular weight excluding hydrogens is 402 g/mol. The topological polar surface area (TPSA) is 74.8 Å². The lowest BCUT2D eigenvalue weighted by Gasteiger charge is -2.15. The van der Waals surface area contributed by atoms with Gasteiger partial charge >= 0.3 is 5.69 Å². The Labute approximate surface area is 187 Å². The maximum absolute atomic E-state index is 12.4. The van der Waals surface area contributed by atoms with E-state index in [0.29, 0.717) is 18.2 Å². The van der Waals surface area contributed by atoms with Crippen LogP contribution in [0.2, 0.25) is 0 Å². The molecule has 0 bridgehead atoms. The number of rotatable bonds is 6. The summed E-state index contributed by atoms with van der Waals surface area (Å²) >= 11 is 0. The molecule has 0 aliphatic heterocycles. The highest BCUT2D eigenvalue weighted by Gasteiger charge is 2.14. The summed E-state index contributed by atoms with van der Waals surface area (Å²) in [7, 11) is 1.58. The zero-order chi connectivity index (χ0) is 22.8. The summed E-state index contributed by atoms with van der Waals surface area (Å²) in [5, 5.41) is 7.80. The number of tetrazole rings is 1. The van der Waals surface area contributed by atoms with E-state index in [0.717, 1.165) is 39.4 Å². The van der Waals surface area contributed by atoms with E-state index in [1.807, 2.05) is 56.3 Å². The van der Waals surface area contributed by atoms with Crippen LogP contribution in [0.4, 0.5) is 0 Å². The third-order valence-electron chi connectivity index (χ3n) is 5.54. The third kappa shape index (κ3) is 4.19. The maximum atomic E-state index is 12.4. The average molecular weight is 430 g/mol. The number of ether oxygens (including phenoxy) is 1. The molecule has 0 amide bonds. The van der Waals surface area contributed by atoms with Gasteiger partial charge in [-0.2, -0.15) is 9.36 Å². The Morgan fingerprint density at radius 1 is 0.969 bits per heavy atom. The standard InChI is InChI=1S/C25H27N5O2/c1-16(2)21-9-7-10-22(26-21)19-12-13-24(18(4)14-19)32-15-20-17(3)8-6-11-23(20)30-25(31)29(5)27-28-30/h6-14,16H,15H2,1-5H3. The van der Waals surface area contributed by atoms with Gasteiger partial charge in [0.25, 0.3) is 0 Å². The fourth-order valence-corrected chi connectivity index (χ4v) is 3.59. The molecular formula is C25H27N5O2. The summed E-state index contributed by atoms with van der Waals surface area (Å²) in [6.45, 7) is 8.61. The second-order valence-electron chi connectivity index (χ2n) is 8.24. The lowest BCUT2D eigenvalue weighted by Crippen LogP contribution is -2.23. The van der Waals surface area contributed by atoms with Gasteiger partial charge in [0.05, 0.1) is 11.4 Å². The second kappa shape index (κ2) is 8.78. The van der Waals surface area contributed by atoms with Gasteiger partial charge in [-0.05, 0) is 77.7 Å². The van der Waals surface area contributed by atoms with E-state index in [-0.39, 0.29) is 5.69 Å². The molecule has 4 rings (SSSR count). The molecule has 0 saturated carbocycles. The Morgan fingerprint density at radius 2 is 1.75 bits per heavy atom. The molecule has 0 saturated heterocycles. The molecule has 2 aromatic carbocycles. The van der Waals surface area contributed by atoms with Crippen LogP contribution < -0.4 is 10.4 Å². The van der Waals surface area contributed by atoms with E-state index in [1.165, 1.54) is 9.36 Å². The van der Waals surface area contributed by atoms with E-state index in [9.17, 15) is 4.79 Å². The van der Waals surface area contributed by atoms with Crippen molar-refractivity contribution in [2.75, 3.05) is 0 Å². The van der Waals surface area contributed by atoms with Crippen molar-refractivity contribution in [2.24, 2.45) is 7.05 Å². The molecule has 2 aromatic heterocycles. The summed E-state index contributed by atoms with van der Waals surface area (Å²) in [5.41, 5.74) is 6.39. The van der Waals surface area contributed by atoms with Crippen molar-refractivity contribution in [2.45, 2.75) is 40.2 Å². The minimum Gasteiger partial charge on any atom is -0.489 e. The average Bonchev–Trinajstić information content (AvgIpc) is 3.11. The van der Waals surface area contributed by atoms with Gasteiger partial charge < -0.3 is 4.74 Å². The summed E-state index contributed by atoms with van der Waals surface area (Å²) in [6, 6.07) is 18.0. The molecule has 4 aromatic rings. The first kappa shape index (κ1) is 21.5. The smallest absolute Gasteiger partial charge is 0.368 e. The van der Waals surface area contributed by atoms with Gasteiger partial charge in [-0.25, -0.2) is 4.79 Å². The van der Waals surface area contributed by atoms with Gasteiger partial charge in [0.2, 0.25) is 0 Å². The van der Waals surface area contributed by atoms with Gasteiger partial charge in [-0.1, -0.05) is 32.0 Å². The van der Waals surface area contributed by atoms with E-state index in [2.05, 4.69) is 36.4 Å². The molecule has 7 nitrogen and oxygen atoms in total. The number of benzene rings is 2. The van der Waals surface area contributed by atoms with E-state index in [4.69, 9.17) is 9.72 Å². The van der Waals surface area contributed by atoms with Crippen LogP contribution in [0.3, 0.4) is 0 Å². The normalized spacial score (nSPS) is 11.2. The van der Waals surface area contributed by atoms with Crippen LogP contribution in [0, 0.1) is 13.8 Å². The Kier molecular flexibility index (Phi) is 5.90. The van der Waals surface area contributed by atoms with E-state index in [1.54, 1.807) is 7.05 Å². The van der Waals surface area contributed by atoms with Gasteiger partial charge in [0.15, 0.2) is 0 Å². The van der Waals surface area contributed by atoms with Crippen LogP contribution in [0.1, 0.15) is 42.1 Å². The van der Waals surface area contributed by atoms with Crippen LogP contribution in [0.5, 0.6) is 5.75 Å². The lowest BCUT2D eigenvalue weighted by molar-refractivity contribution is 0.302. The van der Waals surface area contributed by atoms with Crippen molar-refractivity contribution in [1.29, 1.82) is 0 Å². The Balaban J connectivity index is 1.60. The zero-order valence-electron chi connectivity index (χ0n) is 19.0. The first-order chi connectivity index (χ1) is 15.3. The van der Waals surface area contributed by atoms with Crippen LogP contribution in [-0.4, -0.2) is 24.8 Å². The fraction of sp³-hybridized carbons (Fsp3) is 0.280. The van der Waals surface area contributed by atoms with Gasteiger partial charge in [-0.3, -0.25) is 4.98 Å². The maximum Gasteiger partial charge on any atom is 0.368 e. The SMILES string of the molecule is Cc1cc(-c2cccc(C(C)C)n2)ccc1OCc1c(C)cccc1-n1nnn(C)c1=O. The highest BCUT2D eigenvalue weighted by molar-refractivity contribution is 5.62. The number of pyridine rings is 1. The zero-order valence-corrected chi connectivity index (χ0v) is 19.0. The monoisotopic (exact) mass is 429 g/mol. The highest BCUT2D eigenvalue weighted by Crippen LogP contribution is 2.28. The Hall–Kier alpha value is -3.74. The van der Waals surface area contributed by atoms with Crippen LogP contribution in [-0.2, 0) is 13.7 Å². The molecule has 32 heavy (non-hydrogen) atoms. The summed E-state index contributed by atoms with van der Waals surface area (Å²) < 4.78 is 8.68. The fourth-order valence-electron chi connectivity index (χ4n) is 3.59. The molecule has 0 spiro atoms. The third-order valence-corrected chi connectivity index (χ3v) is 5.54. The van der Waals surface area contributed by atoms with Gasteiger partial charge in [0, 0.05) is 23.9 Å². The van der Waals surface area contributed by atoms with Crippen molar-refractivity contribution >= 4 is 0 Å². The van der Waals surface area contributed by atoms with Crippen molar-refractivity contribution < 1.29 is 4.74 Å². The Bertz CT molecular complexity index is 1320. The molecule has 7 heteroatoms. The van der Waals surface area contributed by atoms with Crippen molar-refractivity contribution in [1.82, 2.24) is 24.8 Å². The van der Waals surface area contributed by atoms with Crippen LogP contribution >= 0.6 is 0 Å². The van der Waals surface area contributed by atoms with E-state index < -0.39 is 0 Å². The number of aromatic nitrogens is 5. The van der Waals surface area contributed by atoms with Crippen LogP contribution in [0.25, 0.3) is 16.9 Å². The quantitative estimate of drug-likeness (QED) is 0.456. The molecule has 0 fully saturated rings. The predicted molar refractivity (Wildman–Crippen MR) is 124 cm³/mol. The highest BCUT2D eigenvalue weighted by atomic mass is 16.5. The van der Waals surface area contributed by atoms with Gasteiger partial charge in [-0.15, -0.1) is 0 Å². The first-order valence-electron chi connectivity index (χ1n) is 10.6. The number of aryl methyl sites for hydroxylation is 3. The van der Waals surface area contributed by atoms with Crippen LogP contribution in [0.15, 0.2) is 59.4 Å². The van der Waals surface area contributed by atoms with Crippen molar-refractivity contribution in [3.8, 4) is 22.7 Å². The molecule has 0 aliphatic rings. The molecule has 0 radical (unpaired) electrons. The molecule has 164 valence electrons. The number of hydrogen-bond acceptors (Lipinski definition) is 5. The minimum absolute atomic E-state index is 0.298. The molecule has 0 aliphatic carbocycles. The summed E-state index contributed by atoms with van der Waals surface area (Å²) in [5.74, 6) is 1.17. The minimum atomic E-state index is -0.298. The molecule has 0 unspecified atom stereocenters.